The molecule has 0 unspecified atom stereocenters. The Morgan fingerprint density at radius 2 is 1.61 bits per heavy atom. The highest BCUT2D eigenvalue weighted by Crippen LogP contribution is 2.41. The minimum Gasteiger partial charge on any atom is -0.354 e. The van der Waals surface area contributed by atoms with E-state index in [1.807, 2.05) is 0 Å². The van der Waals surface area contributed by atoms with Crippen LogP contribution < -0.4 is 5.14 Å². The monoisotopic (exact) mass is 454 g/mol. The minimum absolute atomic E-state index is 0.0775. The molecule has 0 saturated heterocycles. The summed E-state index contributed by atoms with van der Waals surface area (Å²) in [6.45, 7) is 0. The summed E-state index contributed by atoms with van der Waals surface area (Å²) in [6.07, 6.45) is -3.18. The fourth-order valence-corrected chi connectivity index (χ4v) is 3.51. The lowest BCUT2D eigenvalue weighted by molar-refractivity contribution is 0.113. The Bertz CT molecular complexity index is 1160. The molecule has 0 aliphatic heterocycles. The van der Waals surface area contributed by atoms with E-state index < -0.39 is 49.9 Å². The average Bonchev–Trinajstić information content (AvgIpc) is 3.00. The van der Waals surface area contributed by atoms with Crippen LogP contribution in [0.1, 0.15) is 12.2 Å². The third kappa shape index (κ3) is 3.72. The summed E-state index contributed by atoms with van der Waals surface area (Å²) < 4.78 is 82.5. The van der Waals surface area contributed by atoms with E-state index in [0.717, 1.165) is 0 Å². The number of halogens is 6. The fourth-order valence-electron chi connectivity index (χ4n) is 2.55. The number of sulfonamides is 1. The first-order valence-electron chi connectivity index (χ1n) is 7.26. The molecule has 0 spiro atoms. The Balaban J connectivity index is 2.30. The summed E-state index contributed by atoms with van der Waals surface area (Å²) in [5, 5.41) is 8.57. The molecule has 0 aliphatic rings. The zero-order chi connectivity index (χ0) is 20.8. The lowest BCUT2D eigenvalue weighted by Gasteiger charge is -2.09. The molecule has 0 bridgehead atoms. The van der Waals surface area contributed by atoms with Gasteiger partial charge < -0.3 is 4.52 Å². The Morgan fingerprint density at radius 3 is 2.11 bits per heavy atom. The molecule has 1 heterocycles. The van der Waals surface area contributed by atoms with Gasteiger partial charge in [0.25, 0.3) is 6.43 Å². The molecule has 5 nitrogen and oxygen atoms in total. The van der Waals surface area contributed by atoms with E-state index in [-0.39, 0.29) is 21.3 Å². The van der Waals surface area contributed by atoms with Crippen molar-refractivity contribution in [3.8, 4) is 22.4 Å². The molecule has 0 amide bonds. The van der Waals surface area contributed by atoms with Crippen molar-refractivity contribution in [1.29, 1.82) is 0 Å². The van der Waals surface area contributed by atoms with Crippen LogP contribution in [0.2, 0.25) is 10.0 Å². The number of hydrogen-bond donors (Lipinski definition) is 1. The molecule has 0 atom stereocenters. The standard InChI is InChI=1S/C16H8Cl2F4N2O3S/c17-8-2-1-6(3-9(8)18)13-12(14(16(21)22)27-24-13)7-4-10(19)15(11(20)5-7)28(23,25)26/h1-5,16H,(H2,23,25,26). The Kier molecular flexibility index (Phi) is 5.41. The van der Waals surface area contributed by atoms with Crippen LogP contribution in [0, 0.1) is 11.6 Å². The zero-order valence-corrected chi connectivity index (χ0v) is 15.7. The Labute approximate surface area is 165 Å². The van der Waals surface area contributed by atoms with Gasteiger partial charge in [0.1, 0.15) is 17.3 Å². The quantitative estimate of drug-likeness (QED) is 0.550. The predicted molar refractivity (Wildman–Crippen MR) is 93.6 cm³/mol. The summed E-state index contributed by atoms with van der Waals surface area (Å²) in [5.41, 5.74) is -0.889. The SMILES string of the molecule is NS(=O)(=O)c1c(F)cc(-c2c(-c3ccc(Cl)c(Cl)c3)noc2C(F)F)cc1F. The number of alkyl halides is 2. The van der Waals surface area contributed by atoms with E-state index >= 15 is 0 Å². The summed E-state index contributed by atoms with van der Waals surface area (Å²) in [6, 6.07) is 5.14. The number of rotatable bonds is 4. The van der Waals surface area contributed by atoms with Crippen LogP contribution in [0.4, 0.5) is 17.6 Å². The van der Waals surface area contributed by atoms with Crippen molar-refractivity contribution in [2.24, 2.45) is 5.14 Å². The zero-order valence-electron chi connectivity index (χ0n) is 13.4. The predicted octanol–water partition coefficient (Wildman–Crippen LogP) is 5.18. The van der Waals surface area contributed by atoms with E-state index in [0.29, 0.717) is 12.1 Å². The van der Waals surface area contributed by atoms with Crippen molar-refractivity contribution < 1.29 is 30.5 Å². The molecule has 2 N–H and O–H groups in total. The largest absolute Gasteiger partial charge is 0.354 e. The number of aromatic nitrogens is 1. The van der Waals surface area contributed by atoms with Crippen LogP contribution in [-0.2, 0) is 10.0 Å². The van der Waals surface area contributed by atoms with Crippen molar-refractivity contribution in [1.82, 2.24) is 5.16 Å². The number of hydrogen-bond acceptors (Lipinski definition) is 4. The molecule has 28 heavy (non-hydrogen) atoms. The smallest absolute Gasteiger partial charge is 0.298 e. The highest BCUT2D eigenvalue weighted by Gasteiger charge is 2.29. The molecule has 0 radical (unpaired) electrons. The van der Waals surface area contributed by atoms with Gasteiger partial charge >= 0.3 is 0 Å². The van der Waals surface area contributed by atoms with Crippen molar-refractivity contribution in [3.05, 3.63) is 57.8 Å². The van der Waals surface area contributed by atoms with Crippen LogP contribution in [0.5, 0.6) is 0 Å². The van der Waals surface area contributed by atoms with Gasteiger partial charge in [-0.1, -0.05) is 34.4 Å². The van der Waals surface area contributed by atoms with Gasteiger partial charge in [0.2, 0.25) is 15.8 Å². The first-order valence-corrected chi connectivity index (χ1v) is 9.56. The lowest BCUT2D eigenvalue weighted by Crippen LogP contribution is -2.16. The van der Waals surface area contributed by atoms with Crippen molar-refractivity contribution in [2.75, 3.05) is 0 Å². The summed E-state index contributed by atoms with van der Waals surface area (Å²) in [4.78, 5) is -1.39. The number of nitrogens with zero attached hydrogens (tertiary/aromatic N) is 1. The third-order valence-corrected chi connectivity index (χ3v) is 5.38. The van der Waals surface area contributed by atoms with Gasteiger partial charge in [0.15, 0.2) is 4.90 Å². The van der Waals surface area contributed by atoms with E-state index in [1.165, 1.54) is 18.2 Å². The summed E-state index contributed by atoms with van der Waals surface area (Å²) in [5.74, 6) is -4.08. The van der Waals surface area contributed by atoms with E-state index in [9.17, 15) is 26.0 Å². The minimum atomic E-state index is -4.72. The first-order chi connectivity index (χ1) is 13.0. The van der Waals surface area contributed by atoms with Crippen LogP contribution in [0.3, 0.4) is 0 Å². The summed E-state index contributed by atoms with van der Waals surface area (Å²) >= 11 is 11.7. The molecule has 0 saturated carbocycles. The van der Waals surface area contributed by atoms with E-state index in [2.05, 4.69) is 9.68 Å². The molecule has 12 heteroatoms. The van der Waals surface area contributed by atoms with Crippen molar-refractivity contribution >= 4 is 33.2 Å². The molecule has 3 rings (SSSR count). The maximum absolute atomic E-state index is 14.2. The second-order valence-electron chi connectivity index (χ2n) is 5.51. The van der Waals surface area contributed by atoms with E-state index in [4.69, 9.17) is 28.3 Å². The van der Waals surface area contributed by atoms with Crippen LogP contribution in [-0.4, -0.2) is 13.6 Å². The number of primary sulfonamides is 1. The van der Waals surface area contributed by atoms with Crippen LogP contribution in [0.15, 0.2) is 39.8 Å². The maximum atomic E-state index is 14.2. The molecule has 1 aromatic heterocycles. The van der Waals surface area contributed by atoms with E-state index in [1.54, 1.807) is 0 Å². The third-order valence-electron chi connectivity index (χ3n) is 3.68. The number of nitrogens with two attached hydrogens (primary N) is 1. The molecular weight excluding hydrogens is 447 g/mol. The van der Waals surface area contributed by atoms with Crippen LogP contribution >= 0.6 is 23.2 Å². The highest BCUT2D eigenvalue weighted by atomic mass is 35.5. The van der Waals surface area contributed by atoms with Gasteiger partial charge in [-0.2, -0.15) is 0 Å². The van der Waals surface area contributed by atoms with Gasteiger partial charge in [-0.05, 0) is 29.8 Å². The van der Waals surface area contributed by atoms with Gasteiger partial charge in [-0.25, -0.2) is 31.1 Å². The van der Waals surface area contributed by atoms with Crippen molar-refractivity contribution in [2.45, 2.75) is 11.3 Å². The van der Waals surface area contributed by atoms with Gasteiger partial charge in [0.05, 0.1) is 15.6 Å². The second kappa shape index (κ2) is 7.36. The first kappa shape index (κ1) is 20.6. The molecule has 0 aliphatic carbocycles. The maximum Gasteiger partial charge on any atom is 0.298 e. The highest BCUT2D eigenvalue weighted by molar-refractivity contribution is 7.89. The molecule has 148 valence electrons. The van der Waals surface area contributed by atoms with Crippen molar-refractivity contribution in [3.63, 3.8) is 0 Å². The second-order valence-corrected chi connectivity index (χ2v) is 7.83. The van der Waals surface area contributed by atoms with Crippen LogP contribution in [0.25, 0.3) is 22.4 Å². The Morgan fingerprint density at radius 1 is 1.00 bits per heavy atom. The lowest BCUT2D eigenvalue weighted by atomic mass is 9.99. The number of benzene rings is 2. The fraction of sp³-hybridized carbons (Fsp3) is 0.0625. The van der Waals surface area contributed by atoms with Gasteiger partial charge in [0, 0.05) is 5.56 Å². The Hall–Kier alpha value is -2.14. The van der Waals surface area contributed by atoms with Gasteiger partial charge in [-0.15, -0.1) is 0 Å². The molecule has 3 aromatic rings. The molecular formula is C16H8Cl2F4N2O3S. The van der Waals surface area contributed by atoms with Gasteiger partial charge in [-0.3, -0.25) is 0 Å². The molecule has 0 fully saturated rings. The molecule has 2 aromatic carbocycles. The summed E-state index contributed by atoms with van der Waals surface area (Å²) in [7, 11) is -4.72. The normalized spacial score (nSPS) is 12.0. The topological polar surface area (TPSA) is 86.2 Å². The average molecular weight is 455 g/mol.